The van der Waals surface area contributed by atoms with E-state index >= 15 is 0 Å². The number of nitrogens with one attached hydrogen (secondary N) is 1. The minimum Gasteiger partial charge on any atom is -0.480 e. The summed E-state index contributed by atoms with van der Waals surface area (Å²) in [5, 5.41) is 15.0. The lowest BCUT2D eigenvalue weighted by atomic mass is 9.94. The van der Waals surface area contributed by atoms with E-state index in [0.29, 0.717) is 0 Å². The monoisotopic (exact) mass is 250 g/mol. The van der Waals surface area contributed by atoms with E-state index in [1.54, 1.807) is 0 Å². The summed E-state index contributed by atoms with van der Waals surface area (Å²) >= 11 is 0. The fourth-order valence-electron chi connectivity index (χ4n) is 1.72. The Balaban J connectivity index is 2.86. The molecule has 0 saturated heterocycles. The van der Waals surface area contributed by atoms with Gasteiger partial charge in [0.25, 0.3) is 0 Å². The molecule has 0 bridgehead atoms. The van der Waals surface area contributed by atoms with Crippen molar-refractivity contribution in [3.05, 3.63) is 40.8 Å². The molecule has 98 valence electrons. The largest absolute Gasteiger partial charge is 0.480 e. The lowest BCUT2D eigenvalue weighted by Crippen LogP contribution is -2.51. The third kappa shape index (κ3) is 3.37. The van der Waals surface area contributed by atoms with E-state index in [4.69, 9.17) is 0 Å². The number of carboxylic acids is 1. The highest BCUT2D eigenvalue weighted by Gasteiger charge is 2.37. The van der Waals surface area contributed by atoms with Crippen molar-refractivity contribution >= 4 is 5.97 Å². The molecule has 2 N–H and O–H groups in total. The predicted molar refractivity (Wildman–Crippen MR) is 69.3 cm³/mol. The van der Waals surface area contributed by atoms with Gasteiger partial charge in [-0.25, -0.2) is 0 Å². The summed E-state index contributed by atoms with van der Waals surface area (Å²) in [5.74, 6) is -1.08. The van der Waals surface area contributed by atoms with E-state index in [1.165, 1.54) is 13.8 Å². The van der Waals surface area contributed by atoms with Crippen LogP contribution in [-0.4, -0.2) is 22.7 Å². The van der Waals surface area contributed by atoms with Crippen LogP contribution in [0.4, 0.5) is 0 Å². The SMILES string of the molecule is C[C@H](N[C@H](C(=O)O)C(C)(C)N=O)c1ccccc1. The number of rotatable bonds is 6. The van der Waals surface area contributed by atoms with E-state index in [0.717, 1.165) is 5.56 Å². The Hall–Kier alpha value is -1.75. The number of benzene rings is 1. The maximum Gasteiger partial charge on any atom is 0.323 e. The smallest absolute Gasteiger partial charge is 0.323 e. The summed E-state index contributed by atoms with van der Waals surface area (Å²) in [7, 11) is 0. The van der Waals surface area contributed by atoms with Crippen LogP contribution in [0.15, 0.2) is 35.5 Å². The van der Waals surface area contributed by atoms with Crippen molar-refractivity contribution in [3.8, 4) is 0 Å². The molecule has 0 heterocycles. The molecule has 0 aliphatic heterocycles. The second kappa shape index (κ2) is 5.73. The maximum absolute atomic E-state index is 11.2. The van der Waals surface area contributed by atoms with Gasteiger partial charge in [-0.2, -0.15) is 4.91 Å². The third-order valence-corrected chi connectivity index (χ3v) is 2.90. The summed E-state index contributed by atoms with van der Waals surface area (Å²) in [4.78, 5) is 21.9. The second-order valence-corrected chi connectivity index (χ2v) is 4.82. The van der Waals surface area contributed by atoms with Crippen LogP contribution in [0.3, 0.4) is 0 Å². The average molecular weight is 250 g/mol. The predicted octanol–water partition coefficient (Wildman–Crippen LogP) is 2.34. The fraction of sp³-hybridized carbons (Fsp3) is 0.462. The molecule has 1 rings (SSSR count). The highest BCUT2D eigenvalue weighted by molar-refractivity contribution is 5.75. The Labute approximate surface area is 106 Å². The van der Waals surface area contributed by atoms with Crippen molar-refractivity contribution in [1.29, 1.82) is 0 Å². The number of aliphatic carboxylic acids is 1. The zero-order valence-corrected chi connectivity index (χ0v) is 10.8. The lowest BCUT2D eigenvalue weighted by molar-refractivity contribution is -0.141. The van der Waals surface area contributed by atoms with Gasteiger partial charge in [-0.05, 0) is 26.3 Å². The summed E-state index contributed by atoms with van der Waals surface area (Å²) in [6.07, 6.45) is 0. The number of carbonyl (C=O) groups is 1. The van der Waals surface area contributed by atoms with Crippen LogP contribution in [0.2, 0.25) is 0 Å². The molecule has 0 aliphatic carbocycles. The number of nitrogens with zero attached hydrogens (tertiary/aromatic N) is 1. The summed E-state index contributed by atoms with van der Waals surface area (Å²) in [6, 6.07) is 8.26. The van der Waals surface area contributed by atoms with Crippen LogP contribution in [-0.2, 0) is 4.79 Å². The molecule has 0 unspecified atom stereocenters. The normalized spacial score (nSPS) is 14.8. The van der Waals surface area contributed by atoms with Gasteiger partial charge in [-0.15, -0.1) is 0 Å². The minimum atomic E-state index is -1.20. The number of hydrogen-bond acceptors (Lipinski definition) is 4. The zero-order chi connectivity index (χ0) is 13.8. The van der Waals surface area contributed by atoms with Crippen LogP contribution >= 0.6 is 0 Å². The van der Waals surface area contributed by atoms with E-state index in [1.807, 2.05) is 37.3 Å². The average Bonchev–Trinajstić information content (AvgIpc) is 2.36. The van der Waals surface area contributed by atoms with E-state index in [-0.39, 0.29) is 6.04 Å². The highest BCUT2D eigenvalue weighted by Crippen LogP contribution is 2.19. The van der Waals surface area contributed by atoms with E-state index in [9.17, 15) is 14.8 Å². The first-order valence-electron chi connectivity index (χ1n) is 5.77. The molecule has 5 heteroatoms. The molecule has 0 fully saturated rings. The van der Waals surface area contributed by atoms with Gasteiger partial charge in [0.1, 0.15) is 11.6 Å². The van der Waals surface area contributed by atoms with Crippen molar-refractivity contribution < 1.29 is 9.90 Å². The Bertz CT molecular complexity index is 418. The van der Waals surface area contributed by atoms with Gasteiger partial charge in [0.2, 0.25) is 0 Å². The molecule has 18 heavy (non-hydrogen) atoms. The van der Waals surface area contributed by atoms with E-state index in [2.05, 4.69) is 10.5 Å². The van der Waals surface area contributed by atoms with Gasteiger partial charge in [0.15, 0.2) is 0 Å². The molecule has 5 nitrogen and oxygen atoms in total. The zero-order valence-electron chi connectivity index (χ0n) is 10.8. The molecule has 0 saturated carbocycles. The van der Waals surface area contributed by atoms with Crippen molar-refractivity contribution in [2.24, 2.45) is 5.18 Å². The van der Waals surface area contributed by atoms with Crippen LogP contribution in [0.5, 0.6) is 0 Å². The molecular formula is C13H18N2O3. The minimum absolute atomic E-state index is 0.173. The summed E-state index contributed by atoms with van der Waals surface area (Å²) in [6.45, 7) is 4.86. The van der Waals surface area contributed by atoms with Crippen LogP contribution in [0.25, 0.3) is 0 Å². The molecule has 1 aromatic rings. The van der Waals surface area contributed by atoms with Crippen molar-refractivity contribution in [1.82, 2.24) is 5.32 Å². The molecule has 0 aromatic heterocycles. The second-order valence-electron chi connectivity index (χ2n) is 4.82. The Morgan fingerprint density at radius 1 is 1.33 bits per heavy atom. The molecule has 0 radical (unpaired) electrons. The van der Waals surface area contributed by atoms with Gasteiger partial charge in [0, 0.05) is 6.04 Å². The topological polar surface area (TPSA) is 78.8 Å². The van der Waals surface area contributed by atoms with Crippen LogP contribution in [0, 0.1) is 4.91 Å². The number of nitroso groups, excluding NO2 is 1. The van der Waals surface area contributed by atoms with Gasteiger partial charge >= 0.3 is 5.97 Å². The highest BCUT2D eigenvalue weighted by atomic mass is 16.4. The van der Waals surface area contributed by atoms with Gasteiger partial charge in [-0.3, -0.25) is 10.1 Å². The standard InChI is InChI=1S/C13H18N2O3/c1-9(10-7-5-4-6-8-10)14-11(12(16)17)13(2,3)15-18/h4-9,11,14H,1-3H3,(H,16,17)/t9-,11+/m0/s1. The van der Waals surface area contributed by atoms with Crippen LogP contribution < -0.4 is 5.32 Å². The Kier molecular flexibility index (Phi) is 4.55. The third-order valence-electron chi connectivity index (χ3n) is 2.90. The Morgan fingerprint density at radius 3 is 2.33 bits per heavy atom. The first-order valence-corrected chi connectivity index (χ1v) is 5.77. The molecule has 1 aromatic carbocycles. The van der Waals surface area contributed by atoms with Gasteiger partial charge in [-0.1, -0.05) is 35.5 Å². The maximum atomic E-state index is 11.2. The Morgan fingerprint density at radius 2 is 1.89 bits per heavy atom. The fourth-order valence-corrected chi connectivity index (χ4v) is 1.72. The number of carboxylic acid groups (broad SMARTS) is 1. The first kappa shape index (κ1) is 14.3. The van der Waals surface area contributed by atoms with Gasteiger partial charge in [0.05, 0.1) is 0 Å². The lowest BCUT2D eigenvalue weighted by Gasteiger charge is -2.28. The van der Waals surface area contributed by atoms with Crippen molar-refractivity contribution in [2.75, 3.05) is 0 Å². The molecule has 2 atom stereocenters. The summed E-state index contributed by atoms with van der Waals surface area (Å²) < 4.78 is 0. The molecule has 0 amide bonds. The quantitative estimate of drug-likeness (QED) is 0.759. The summed E-state index contributed by atoms with van der Waals surface area (Å²) in [5.41, 5.74) is -0.236. The molecule has 0 spiro atoms. The molecule has 0 aliphatic rings. The first-order chi connectivity index (χ1) is 8.38. The number of hydrogen-bond donors (Lipinski definition) is 2. The van der Waals surface area contributed by atoms with Gasteiger partial charge < -0.3 is 5.11 Å². The van der Waals surface area contributed by atoms with Crippen LogP contribution in [0.1, 0.15) is 32.4 Å². The van der Waals surface area contributed by atoms with Crippen molar-refractivity contribution in [2.45, 2.75) is 38.4 Å². The van der Waals surface area contributed by atoms with Crippen molar-refractivity contribution in [3.63, 3.8) is 0 Å². The molecular weight excluding hydrogens is 232 g/mol. The van der Waals surface area contributed by atoms with E-state index < -0.39 is 17.6 Å².